The van der Waals surface area contributed by atoms with Gasteiger partial charge in [-0.15, -0.1) is 0 Å². The molecule has 144 valence electrons. The number of rotatable bonds is 5. The SMILES string of the molecule is CC(NC(=O)C1CCN(S(=O)(=O)c2ccc(Cl)cc2)CC1)c1ccccn1. The van der Waals surface area contributed by atoms with Crippen LogP contribution in [-0.4, -0.2) is 36.7 Å². The van der Waals surface area contributed by atoms with Crippen molar-refractivity contribution in [2.45, 2.75) is 30.7 Å². The minimum Gasteiger partial charge on any atom is -0.348 e. The average Bonchev–Trinajstić information content (AvgIpc) is 2.69. The predicted molar refractivity (Wildman–Crippen MR) is 104 cm³/mol. The zero-order valence-electron chi connectivity index (χ0n) is 15.0. The topological polar surface area (TPSA) is 79.4 Å². The number of piperidine rings is 1. The molecule has 27 heavy (non-hydrogen) atoms. The number of nitrogens with one attached hydrogen (secondary N) is 1. The number of hydrogen-bond acceptors (Lipinski definition) is 4. The van der Waals surface area contributed by atoms with E-state index in [2.05, 4.69) is 10.3 Å². The molecule has 0 radical (unpaired) electrons. The number of halogens is 1. The minimum atomic E-state index is -3.56. The van der Waals surface area contributed by atoms with E-state index in [1.165, 1.54) is 16.4 Å². The van der Waals surface area contributed by atoms with Crippen molar-refractivity contribution in [2.24, 2.45) is 5.92 Å². The molecule has 0 aliphatic carbocycles. The van der Waals surface area contributed by atoms with E-state index >= 15 is 0 Å². The van der Waals surface area contributed by atoms with Crippen molar-refractivity contribution < 1.29 is 13.2 Å². The molecule has 1 aliphatic heterocycles. The number of amides is 1. The fourth-order valence-electron chi connectivity index (χ4n) is 3.15. The van der Waals surface area contributed by atoms with Gasteiger partial charge in [0, 0.05) is 30.2 Å². The Morgan fingerprint density at radius 2 is 1.85 bits per heavy atom. The first-order valence-electron chi connectivity index (χ1n) is 8.85. The summed E-state index contributed by atoms with van der Waals surface area (Å²) in [5.74, 6) is -0.260. The van der Waals surface area contributed by atoms with Crippen molar-refractivity contribution in [3.8, 4) is 0 Å². The number of hydrogen-bond donors (Lipinski definition) is 1. The van der Waals surface area contributed by atoms with Crippen molar-refractivity contribution in [3.63, 3.8) is 0 Å². The molecule has 0 bridgehead atoms. The lowest BCUT2D eigenvalue weighted by atomic mass is 9.97. The lowest BCUT2D eigenvalue weighted by Crippen LogP contribution is -2.43. The fraction of sp³-hybridized carbons (Fsp3) is 0.368. The van der Waals surface area contributed by atoms with E-state index in [0.29, 0.717) is 31.0 Å². The first kappa shape index (κ1) is 19.8. The van der Waals surface area contributed by atoms with Crippen LogP contribution in [0.5, 0.6) is 0 Å². The molecule has 1 aliphatic rings. The number of pyridine rings is 1. The third-order valence-corrected chi connectivity index (χ3v) is 6.93. The normalized spacial score (nSPS) is 17.4. The standard InChI is InChI=1S/C19H22ClN3O3S/c1-14(18-4-2-3-11-21-18)22-19(24)15-9-12-23(13-10-15)27(25,26)17-7-5-16(20)6-8-17/h2-8,11,14-15H,9-10,12-13H2,1H3,(H,22,24). The highest BCUT2D eigenvalue weighted by Crippen LogP contribution is 2.25. The predicted octanol–water partition coefficient (Wildman–Crippen LogP) is 3.01. The Morgan fingerprint density at radius 3 is 2.44 bits per heavy atom. The molecule has 2 aromatic rings. The highest BCUT2D eigenvalue weighted by molar-refractivity contribution is 7.89. The highest BCUT2D eigenvalue weighted by Gasteiger charge is 2.32. The molecular weight excluding hydrogens is 386 g/mol. The fourth-order valence-corrected chi connectivity index (χ4v) is 4.75. The van der Waals surface area contributed by atoms with E-state index in [4.69, 9.17) is 11.6 Å². The Labute approximate surface area is 164 Å². The molecule has 1 aromatic heterocycles. The van der Waals surface area contributed by atoms with Crippen molar-refractivity contribution in [3.05, 3.63) is 59.4 Å². The van der Waals surface area contributed by atoms with Gasteiger partial charge < -0.3 is 5.32 Å². The van der Waals surface area contributed by atoms with Crippen LogP contribution in [0.2, 0.25) is 5.02 Å². The summed E-state index contributed by atoms with van der Waals surface area (Å²) in [4.78, 5) is 17.0. The van der Waals surface area contributed by atoms with Gasteiger partial charge in [0.2, 0.25) is 15.9 Å². The first-order valence-corrected chi connectivity index (χ1v) is 10.7. The maximum atomic E-state index is 12.7. The van der Waals surface area contributed by atoms with Gasteiger partial charge in [-0.1, -0.05) is 17.7 Å². The third kappa shape index (κ3) is 4.66. The molecule has 1 amide bonds. The molecule has 2 heterocycles. The van der Waals surface area contributed by atoms with E-state index < -0.39 is 10.0 Å². The number of carbonyl (C=O) groups is 1. The van der Waals surface area contributed by atoms with Crippen LogP contribution in [-0.2, 0) is 14.8 Å². The van der Waals surface area contributed by atoms with Crippen molar-refractivity contribution in [1.82, 2.24) is 14.6 Å². The van der Waals surface area contributed by atoms with Gasteiger partial charge in [-0.3, -0.25) is 9.78 Å². The number of carbonyl (C=O) groups excluding carboxylic acids is 1. The number of nitrogens with zero attached hydrogens (tertiary/aromatic N) is 2. The van der Waals surface area contributed by atoms with E-state index in [0.717, 1.165) is 5.69 Å². The summed E-state index contributed by atoms with van der Waals surface area (Å²) in [6.45, 7) is 2.53. The van der Waals surface area contributed by atoms with Crippen LogP contribution in [0, 0.1) is 5.92 Å². The Balaban J connectivity index is 1.58. The summed E-state index contributed by atoms with van der Waals surface area (Å²) in [6, 6.07) is 11.5. The molecule has 8 heteroatoms. The zero-order valence-corrected chi connectivity index (χ0v) is 16.6. The third-order valence-electron chi connectivity index (χ3n) is 4.77. The molecule has 1 N–H and O–H groups in total. The second kappa shape index (κ2) is 8.37. The molecule has 1 fully saturated rings. The van der Waals surface area contributed by atoms with Crippen molar-refractivity contribution in [1.29, 1.82) is 0 Å². The monoisotopic (exact) mass is 407 g/mol. The Kier molecular flexibility index (Phi) is 6.14. The van der Waals surface area contributed by atoms with E-state index in [1.54, 1.807) is 18.3 Å². The van der Waals surface area contributed by atoms with Crippen LogP contribution in [0.15, 0.2) is 53.6 Å². The average molecular weight is 408 g/mol. The molecular formula is C19H22ClN3O3S. The second-order valence-electron chi connectivity index (χ2n) is 6.62. The van der Waals surface area contributed by atoms with Gasteiger partial charge in [0.05, 0.1) is 16.6 Å². The van der Waals surface area contributed by atoms with Crippen LogP contribution in [0.3, 0.4) is 0 Å². The summed E-state index contributed by atoms with van der Waals surface area (Å²) < 4.78 is 26.9. The Morgan fingerprint density at radius 1 is 1.19 bits per heavy atom. The summed E-state index contributed by atoms with van der Waals surface area (Å²) in [5.41, 5.74) is 0.800. The van der Waals surface area contributed by atoms with Gasteiger partial charge in [0.15, 0.2) is 0 Å². The number of benzene rings is 1. The number of aromatic nitrogens is 1. The summed E-state index contributed by atoms with van der Waals surface area (Å²) in [5, 5.41) is 3.47. The summed E-state index contributed by atoms with van der Waals surface area (Å²) >= 11 is 5.83. The maximum Gasteiger partial charge on any atom is 0.243 e. The van der Waals surface area contributed by atoms with Crippen molar-refractivity contribution in [2.75, 3.05) is 13.1 Å². The molecule has 0 spiro atoms. The van der Waals surface area contributed by atoms with Crippen LogP contribution in [0.4, 0.5) is 0 Å². The molecule has 1 aromatic carbocycles. The van der Waals surface area contributed by atoms with Crippen LogP contribution in [0.25, 0.3) is 0 Å². The van der Waals surface area contributed by atoms with Gasteiger partial charge in [-0.25, -0.2) is 8.42 Å². The highest BCUT2D eigenvalue weighted by atomic mass is 35.5. The van der Waals surface area contributed by atoms with E-state index in [9.17, 15) is 13.2 Å². The Hall–Kier alpha value is -1.96. The summed E-state index contributed by atoms with van der Waals surface area (Å²) in [7, 11) is -3.56. The second-order valence-corrected chi connectivity index (χ2v) is 8.99. The Bertz CT molecular complexity index is 880. The lowest BCUT2D eigenvalue weighted by Gasteiger charge is -2.31. The zero-order chi connectivity index (χ0) is 19.4. The molecule has 1 atom stereocenters. The van der Waals surface area contributed by atoms with Crippen LogP contribution >= 0.6 is 11.6 Å². The number of sulfonamides is 1. The van der Waals surface area contributed by atoms with Gasteiger partial charge in [-0.05, 0) is 56.2 Å². The van der Waals surface area contributed by atoms with Gasteiger partial charge in [-0.2, -0.15) is 4.31 Å². The van der Waals surface area contributed by atoms with Crippen LogP contribution in [0.1, 0.15) is 31.5 Å². The lowest BCUT2D eigenvalue weighted by molar-refractivity contribution is -0.126. The minimum absolute atomic E-state index is 0.0586. The van der Waals surface area contributed by atoms with Gasteiger partial charge in [0.1, 0.15) is 0 Å². The van der Waals surface area contributed by atoms with Crippen molar-refractivity contribution >= 4 is 27.5 Å². The molecule has 1 saturated heterocycles. The van der Waals surface area contributed by atoms with E-state index in [1.807, 2.05) is 25.1 Å². The maximum absolute atomic E-state index is 12.7. The van der Waals surface area contributed by atoms with Crippen LogP contribution < -0.4 is 5.32 Å². The smallest absolute Gasteiger partial charge is 0.243 e. The van der Waals surface area contributed by atoms with E-state index in [-0.39, 0.29) is 22.8 Å². The summed E-state index contributed by atoms with van der Waals surface area (Å²) in [6.07, 6.45) is 2.68. The molecule has 1 unspecified atom stereocenters. The molecule has 6 nitrogen and oxygen atoms in total. The molecule has 3 rings (SSSR count). The van der Waals surface area contributed by atoms with Gasteiger partial charge >= 0.3 is 0 Å². The quantitative estimate of drug-likeness (QED) is 0.826. The van der Waals surface area contributed by atoms with Gasteiger partial charge in [0.25, 0.3) is 0 Å². The molecule has 0 saturated carbocycles. The first-order chi connectivity index (χ1) is 12.9. The largest absolute Gasteiger partial charge is 0.348 e.